The first-order valence-corrected chi connectivity index (χ1v) is 5.39. The maximum absolute atomic E-state index is 5.70. The Bertz CT molecular complexity index is 543. The van der Waals surface area contributed by atoms with Crippen LogP contribution in [0.1, 0.15) is 11.3 Å². The summed E-state index contributed by atoms with van der Waals surface area (Å²) in [6.07, 6.45) is 2.61. The molecule has 5 nitrogen and oxygen atoms in total. The highest BCUT2D eigenvalue weighted by Crippen LogP contribution is 2.36. The summed E-state index contributed by atoms with van der Waals surface area (Å²) in [4.78, 5) is 4.28. The number of nitrogens with two attached hydrogens (primary N) is 1. The van der Waals surface area contributed by atoms with Gasteiger partial charge in [-0.2, -0.15) is 0 Å². The van der Waals surface area contributed by atoms with Gasteiger partial charge in [-0.25, -0.2) is 4.98 Å². The zero-order valence-electron chi connectivity index (χ0n) is 9.51. The third-order valence-corrected chi connectivity index (χ3v) is 2.81. The summed E-state index contributed by atoms with van der Waals surface area (Å²) in [6.45, 7) is 0.288. The molecule has 1 aliphatic heterocycles. The molecule has 1 aliphatic rings. The molecule has 0 saturated carbocycles. The fourth-order valence-electron chi connectivity index (χ4n) is 1.95. The van der Waals surface area contributed by atoms with E-state index in [4.69, 9.17) is 15.2 Å². The Morgan fingerprint density at radius 1 is 1.41 bits per heavy atom. The Labute approximate surface area is 98.8 Å². The zero-order chi connectivity index (χ0) is 11.8. The molecule has 0 aliphatic carbocycles. The molecule has 0 bridgehead atoms. The molecule has 0 radical (unpaired) electrons. The van der Waals surface area contributed by atoms with Crippen molar-refractivity contribution in [1.82, 2.24) is 9.55 Å². The number of benzene rings is 1. The van der Waals surface area contributed by atoms with Crippen molar-refractivity contribution < 1.29 is 9.47 Å². The van der Waals surface area contributed by atoms with Gasteiger partial charge in [-0.3, -0.25) is 0 Å². The van der Waals surface area contributed by atoms with Gasteiger partial charge in [0, 0.05) is 25.2 Å². The monoisotopic (exact) mass is 231 g/mol. The Morgan fingerprint density at radius 3 is 3.06 bits per heavy atom. The number of anilines is 1. The van der Waals surface area contributed by atoms with Crippen LogP contribution in [-0.4, -0.2) is 16.3 Å². The largest absolute Gasteiger partial charge is 0.454 e. The Balaban J connectivity index is 1.93. The fourth-order valence-corrected chi connectivity index (χ4v) is 1.95. The highest BCUT2D eigenvalue weighted by molar-refractivity contribution is 5.49. The van der Waals surface area contributed by atoms with Crippen LogP contribution in [0.4, 0.5) is 5.95 Å². The molecule has 2 heterocycles. The lowest BCUT2D eigenvalue weighted by atomic mass is 10.1. The average molecular weight is 231 g/mol. The van der Waals surface area contributed by atoms with E-state index in [1.54, 1.807) is 4.57 Å². The molecule has 0 saturated heterocycles. The molecule has 2 N–H and O–H groups in total. The molecule has 0 fully saturated rings. The summed E-state index contributed by atoms with van der Waals surface area (Å²) >= 11 is 0. The van der Waals surface area contributed by atoms with Crippen LogP contribution in [0, 0.1) is 0 Å². The molecule has 88 valence electrons. The average Bonchev–Trinajstić information content (AvgIpc) is 2.87. The number of imidazole rings is 1. The lowest BCUT2D eigenvalue weighted by Gasteiger charge is -2.03. The third-order valence-electron chi connectivity index (χ3n) is 2.81. The minimum absolute atomic E-state index is 0.288. The van der Waals surface area contributed by atoms with Crippen molar-refractivity contribution in [2.24, 2.45) is 7.05 Å². The highest BCUT2D eigenvalue weighted by Gasteiger charge is 2.17. The predicted molar refractivity (Wildman–Crippen MR) is 63.0 cm³/mol. The van der Waals surface area contributed by atoms with Crippen molar-refractivity contribution in [2.75, 3.05) is 12.5 Å². The number of ether oxygens (including phenoxy) is 2. The Kier molecular flexibility index (Phi) is 2.18. The van der Waals surface area contributed by atoms with E-state index in [2.05, 4.69) is 4.98 Å². The lowest BCUT2D eigenvalue weighted by molar-refractivity contribution is 0.173. The molecule has 2 aromatic rings. The number of hydrogen-bond acceptors (Lipinski definition) is 4. The second-order valence-corrected chi connectivity index (χ2v) is 4.03. The predicted octanol–water partition coefficient (Wildman–Crippen LogP) is 1.32. The first kappa shape index (κ1) is 10.0. The van der Waals surface area contributed by atoms with Crippen molar-refractivity contribution in [3.8, 4) is 11.5 Å². The standard InChI is InChI=1S/C12H13N3O2/c1-15-6-9(14-12(15)13)5-8-3-2-4-10-11(8)17-7-16-10/h2-4,6H,5,7H2,1H3,(H2,13,14). The number of para-hydroxylation sites is 1. The third kappa shape index (κ3) is 1.69. The van der Waals surface area contributed by atoms with Gasteiger partial charge in [0.2, 0.25) is 6.79 Å². The normalized spacial score (nSPS) is 13.0. The number of aromatic nitrogens is 2. The van der Waals surface area contributed by atoms with E-state index < -0.39 is 0 Å². The van der Waals surface area contributed by atoms with Gasteiger partial charge < -0.3 is 19.8 Å². The van der Waals surface area contributed by atoms with E-state index in [0.29, 0.717) is 12.4 Å². The minimum atomic E-state index is 0.288. The number of nitrogen functional groups attached to an aromatic ring is 1. The fraction of sp³-hybridized carbons (Fsp3) is 0.250. The van der Waals surface area contributed by atoms with Crippen molar-refractivity contribution in [3.05, 3.63) is 35.7 Å². The minimum Gasteiger partial charge on any atom is -0.454 e. The van der Waals surface area contributed by atoms with Crippen LogP contribution in [0.15, 0.2) is 24.4 Å². The van der Waals surface area contributed by atoms with E-state index in [0.717, 1.165) is 22.8 Å². The van der Waals surface area contributed by atoms with Crippen molar-refractivity contribution in [3.63, 3.8) is 0 Å². The second kappa shape index (κ2) is 3.69. The lowest BCUT2D eigenvalue weighted by Crippen LogP contribution is -1.95. The summed E-state index contributed by atoms with van der Waals surface area (Å²) in [7, 11) is 1.88. The van der Waals surface area contributed by atoms with Gasteiger partial charge in [0.15, 0.2) is 17.4 Å². The van der Waals surface area contributed by atoms with Crippen molar-refractivity contribution in [2.45, 2.75) is 6.42 Å². The molecule has 17 heavy (non-hydrogen) atoms. The molecular formula is C12H13N3O2. The molecule has 0 amide bonds. The van der Waals surface area contributed by atoms with E-state index in [1.807, 2.05) is 31.4 Å². The Morgan fingerprint density at radius 2 is 2.29 bits per heavy atom. The molecule has 5 heteroatoms. The van der Waals surface area contributed by atoms with Crippen molar-refractivity contribution >= 4 is 5.95 Å². The summed E-state index contributed by atoms with van der Waals surface area (Å²) in [6, 6.07) is 5.87. The number of fused-ring (bicyclic) bond motifs is 1. The maximum Gasteiger partial charge on any atom is 0.231 e. The van der Waals surface area contributed by atoms with Crippen LogP contribution < -0.4 is 15.2 Å². The van der Waals surface area contributed by atoms with Gasteiger partial charge in [0.05, 0.1) is 5.69 Å². The van der Waals surface area contributed by atoms with Crippen LogP contribution in [0.3, 0.4) is 0 Å². The van der Waals surface area contributed by atoms with E-state index in [9.17, 15) is 0 Å². The first-order chi connectivity index (χ1) is 8.24. The molecule has 1 aromatic heterocycles. The SMILES string of the molecule is Cn1cc(Cc2cccc3c2OCO3)nc1N. The molecule has 1 aromatic carbocycles. The van der Waals surface area contributed by atoms with E-state index in [-0.39, 0.29) is 6.79 Å². The van der Waals surface area contributed by atoms with Gasteiger partial charge in [-0.1, -0.05) is 12.1 Å². The number of rotatable bonds is 2. The quantitative estimate of drug-likeness (QED) is 0.846. The van der Waals surface area contributed by atoms with Gasteiger partial charge in [0.1, 0.15) is 0 Å². The molecule has 0 spiro atoms. The molecule has 0 unspecified atom stereocenters. The summed E-state index contributed by atoms with van der Waals surface area (Å²) in [5, 5.41) is 0. The first-order valence-electron chi connectivity index (χ1n) is 5.39. The van der Waals surface area contributed by atoms with Crippen molar-refractivity contribution in [1.29, 1.82) is 0 Å². The number of nitrogens with zero attached hydrogens (tertiary/aromatic N) is 2. The summed E-state index contributed by atoms with van der Waals surface area (Å²) < 4.78 is 12.6. The zero-order valence-corrected chi connectivity index (χ0v) is 9.51. The van der Waals surface area contributed by atoms with E-state index >= 15 is 0 Å². The Hall–Kier alpha value is -2.17. The summed E-state index contributed by atoms with van der Waals surface area (Å²) in [5.41, 5.74) is 7.70. The molecule has 3 rings (SSSR count). The molecule has 0 atom stereocenters. The number of aryl methyl sites for hydroxylation is 1. The van der Waals surface area contributed by atoms with Crippen LogP contribution in [0.2, 0.25) is 0 Å². The van der Waals surface area contributed by atoms with Crippen LogP contribution in [-0.2, 0) is 13.5 Å². The topological polar surface area (TPSA) is 62.3 Å². The smallest absolute Gasteiger partial charge is 0.231 e. The van der Waals surface area contributed by atoms with Gasteiger partial charge in [-0.15, -0.1) is 0 Å². The molecular weight excluding hydrogens is 218 g/mol. The van der Waals surface area contributed by atoms with Gasteiger partial charge in [-0.05, 0) is 6.07 Å². The highest BCUT2D eigenvalue weighted by atomic mass is 16.7. The van der Waals surface area contributed by atoms with Crippen LogP contribution >= 0.6 is 0 Å². The maximum atomic E-state index is 5.70. The second-order valence-electron chi connectivity index (χ2n) is 4.03. The summed E-state index contributed by atoms with van der Waals surface area (Å²) in [5.74, 6) is 2.13. The number of hydrogen-bond donors (Lipinski definition) is 1. The van der Waals surface area contributed by atoms with E-state index in [1.165, 1.54) is 0 Å². The van der Waals surface area contributed by atoms with Gasteiger partial charge in [0.25, 0.3) is 0 Å². The van der Waals surface area contributed by atoms with Gasteiger partial charge >= 0.3 is 0 Å². The van der Waals surface area contributed by atoms with Crippen LogP contribution in [0.5, 0.6) is 11.5 Å². The van der Waals surface area contributed by atoms with Crippen LogP contribution in [0.25, 0.3) is 0 Å².